The summed E-state index contributed by atoms with van der Waals surface area (Å²) in [5, 5.41) is 3.93. The van der Waals surface area contributed by atoms with E-state index >= 15 is 0 Å². The van der Waals surface area contributed by atoms with Crippen LogP contribution >= 0.6 is 0 Å². The monoisotopic (exact) mass is 656 g/mol. The summed E-state index contributed by atoms with van der Waals surface area (Å²) >= 11 is 0. The Hall–Kier alpha value is -4.46. The minimum Gasteiger partial charge on any atom is -0.337 e. The molecule has 0 atom stereocenters. The summed E-state index contributed by atoms with van der Waals surface area (Å²) in [6.45, 7) is 0. The Balaban J connectivity index is 1.95. The lowest BCUT2D eigenvalue weighted by molar-refractivity contribution is -0.146. The van der Waals surface area contributed by atoms with Gasteiger partial charge in [-0.1, -0.05) is 0 Å². The van der Waals surface area contributed by atoms with Crippen molar-refractivity contribution < 1.29 is 65.9 Å². The molecule has 0 aliphatic carbocycles. The van der Waals surface area contributed by atoms with Gasteiger partial charge in [-0.15, -0.1) is 0 Å². The molecule has 44 heavy (non-hydrogen) atoms. The van der Waals surface area contributed by atoms with Crippen LogP contribution in [-0.2, 0) is 37.9 Å². The summed E-state index contributed by atoms with van der Waals surface area (Å²) in [5.41, 5.74) is -11.1. The molecule has 6 nitrogen and oxygen atoms in total. The first-order chi connectivity index (χ1) is 19.8. The quantitative estimate of drug-likeness (QED) is 0.215. The van der Waals surface area contributed by atoms with E-state index in [1.807, 2.05) is 10.6 Å². The van der Waals surface area contributed by atoms with Gasteiger partial charge >= 0.3 is 30.9 Å². The first-order valence-electron chi connectivity index (χ1n) is 11.3. The van der Waals surface area contributed by atoms with Crippen molar-refractivity contribution in [3.8, 4) is 0 Å². The van der Waals surface area contributed by atoms with E-state index in [1.165, 1.54) is 0 Å². The lowest BCUT2D eigenvalue weighted by Crippen LogP contribution is -2.13. The Morgan fingerprint density at radius 3 is 1.14 bits per heavy atom. The Morgan fingerprint density at radius 2 is 0.818 bits per heavy atom. The molecule has 238 valence electrons. The molecule has 2 aromatic carbocycles. The number of hydrogen-bond donors (Lipinski definition) is 2. The topological polar surface area (TPSA) is 67.7 Å². The van der Waals surface area contributed by atoms with E-state index in [-0.39, 0.29) is 41.0 Å². The Bertz CT molecular complexity index is 1650. The number of hydrogen-bond acceptors (Lipinski definition) is 5. The van der Waals surface area contributed by atoms with E-state index in [0.717, 1.165) is 7.05 Å². The number of anilines is 4. The van der Waals surface area contributed by atoms with Crippen LogP contribution in [0.3, 0.4) is 0 Å². The molecule has 2 N–H and O–H groups in total. The number of aryl methyl sites for hydroxylation is 1. The molecule has 0 unspecified atom stereocenters. The van der Waals surface area contributed by atoms with Crippen molar-refractivity contribution in [1.82, 2.24) is 19.5 Å². The van der Waals surface area contributed by atoms with Crippen molar-refractivity contribution in [3.05, 3.63) is 64.5 Å². The number of rotatable bonds is 4. The zero-order chi connectivity index (χ0) is 33.2. The Labute approximate surface area is 233 Å². The van der Waals surface area contributed by atoms with Crippen LogP contribution in [0.2, 0.25) is 0 Å². The normalized spacial score (nSPS) is 13.5. The second kappa shape index (κ2) is 10.3. The number of fused-ring (bicyclic) bond motifs is 1. The summed E-state index contributed by atoms with van der Waals surface area (Å²) in [6, 6.07) is 0.0434. The zero-order valence-corrected chi connectivity index (χ0v) is 20.9. The average Bonchev–Trinajstić information content (AvgIpc) is 3.17. The van der Waals surface area contributed by atoms with E-state index in [2.05, 4.69) is 15.0 Å². The van der Waals surface area contributed by atoms with E-state index in [9.17, 15) is 65.9 Å². The number of alkyl halides is 15. The third-order valence-corrected chi connectivity index (χ3v) is 5.66. The Morgan fingerprint density at radius 1 is 0.477 bits per heavy atom. The maximum Gasteiger partial charge on any atom is 0.449 e. The fourth-order valence-electron chi connectivity index (χ4n) is 3.75. The van der Waals surface area contributed by atoms with Crippen LogP contribution in [0.5, 0.6) is 0 Å². The van der Waals surface area contributed by atoms with Crippen molar-refractivity contribution in [3.63, 3.8) is 0 Å². The minimum atomic E-state index is -5.34. The molecule has 0 amide bonds. The van der Waals surface area contributed by atoms with Crippen molar-refractivity contribution in [2.24, 2.45) is 7.05 Å². The van der Waals surface area contributed by atoms with Crippen LogP contribution < -0.4 is 10.6 Å². The van der Waals surface area contributed by atoms with Gasteiger partial charge in [-0.3, -0.25) is 0 Å². The lowest BCUT2D eigenvalue weighted by atomic mass is 10.1. The number of imidazole rings is 1. The minimum absolute atomic E-state index is 0.135. The highest BCUT2D eigenvalue weighted by Crippen LogP contribution is 2.41. The van der Waals surface area contributed by atoms with Gasteiger partial charge in [0.1, 0.15) is 0 Å². The summed E-state index contributed by atoms with van der Waals surface area (Å²) in [7, 11) is 0.762. The first-order valence-corrected chi connectivity index (χ1v) is 11.3. The smallest absolute Gasteiger partial charge is 0.337 e. The molecule has 0 spiro atoms. The highest BCUT2D eigenvalue weighted by Gasteiger charge is 2.40. The molecule has 0 aliphatic heterocycles. The van der Waals surface area contributed by atoms with Crippen molar-refractivity contribution in [1.29, 1.82) is 0 Å². The average molecular weight is 656 g/mol. The summed E-state index contributed by atoms with van der Waals surface area (Å²) in [6.07, 6.45) is -26.5. The molecule has 0 fully saturated rings. The molecule has 0 saturated carbocycles. The van der Waals surface area contributed by atoms with Crippen LogP contribution in [0.4, 0.5) is 88.9 Å². The number of nitrogens with zero attached hydrogens (tertiary/aromatic N) is 4. The molecule has 0 radical (unpaired) electrons. The summed E-state index contributed by atoms with van der Waals surface area (Å²) in [5.74, 6) is -3.65. The molecule has 4 rings (SSSR count). The van der Waals surface area contributed by atoms with Crippen molar-refractivity contribution >= 4 is 34.3 Å². The number of halogens is 15. The van der Waals surface area contributed by atoms with Crippen molar-refractivity contribution in [2.75, 3.05) is 10.6 Å². The molecule has 2 aromatic heterocycles. The predicted molar refractivity (Wildman–Crippen MR) is 121 cm³/mol. The van der Waals surface area contributed by atoms with Gasteiger partial charge in [-0.05, 0) is 36.4 Å². The van der Waals surface area contributed by atoms with E-state index in [1.54, 1.807) is 0 Å². The third-order valence-electron chi connectivity index (χ3n) is 5.66. The van der Waals surface area contributed by atoms with Crippen LogP contribution in [0, 0.1) is 0 Å². The van der Waals surface area contributed by atoms with Gasteiger partial charge < -0.3 is 15.2 Å². The highest BCUT2D eigenvalue weighted by atomic mass is 19.4. The fourth-order valence-corrected chi connectivity index (χ4v) is 3.75. The van der Waals surface area contributed by atoms with E-state index < -0.39 is 93.3 Å². The van der Waals surface area contributed by atoms with Gasteiger partial charge in [0, 0.05) is 18.4 Å². The van der Waals surface area contributed by atoms with Gasteiger partial charge in [0.15, 0.2) is 22.9 Å². The maximum absolute atomic E-state index is 13.4. The lowest BCUT2D eigenvalue weighted by Gasteiger charge is -2.18. The summed E-state index contributed by atoms with van der Waals surface area (Å²) < 4.78 is 201. The first kappa shape index (κ1) is 32.5. The molecule has 2 heterocycles. The third kappa shape index (κ3) is 6.85. The van der Waals surface area contributed by atoms with Crippen LogP contribution in [-0.4, -0.2) is 19.5 Å². The van der Waals surface area contributed by atoms with Crippen LogP contribution in [0.1, 0.15) is 28.1 Å². The number of nitrogens with one attached hydrogen (secondary N) is 2. The van der Waals surface area contributed by atoms with Gasteiger partial charge in [0.05, 0.1) is 22.3 Å². The van der Waals surface area contributed by atoms with Gasteiger partial charge in [0.25, 0.3) is 0 Å². The van der Waals surface area contributed by atoms with Crippen LogP contribution in [0.25, 0.3) is 11.3 Å². The van der Waals surface area contributed by atoms with E-state index in [0.29, 0.717) is 0 Å². The molecule has 0 bridgehead atoms. The standard InChI is InChI=1S/C23H11F15N6/c1-44-17-16(43-18(44)23(36,37)38)41-14(39-12-4-8(19(24,25)26)2-9(5-12)20(27,28)29)15(42-17)40-13-6-10(21(30,31)32)3-11(7-13)22(33,34)35/h2-7H,1H3,(H,39,41)(H,40,42). The second-order valence-corrected chi connectivity index (χ2v) is 8.90. The van der Waals surface area contributed by atoms with Gasteiger partial charge in [-0.2, -0.15) is 65.9 Å². The second-order valence-electron chi connectivity index (χ2n) is 8.90. The SMILES string of the molecule is Cn1c(C(F)(F)F)nc2nc(Nc3cc(C(F)(F)F)cc(C(F)(F)F)c3)c(Nc3cc(C(F)(F)F)cc(C(F)(F)F)c3)nc21. The molecular formula is C23H11F15N6. The number of aromatic nitrogens is 4. The molecule has 0 saturated heterocycles. The van der Waals surface area contributed by atoms with Crippen LogP contribution in [0.15, 0.2) is 36.4 Å². The van der Waals surface area contributed by atoms with Crippen molar-refractivity contribution in [2.45, 2.75) is 30.9 Å². The number of benzene rings is 2. The zero-order valence-electron chi connectivity index (χ0n) is 20.9. The maximum atomic E-state index is 13.4. The van der Waals surface area contributed by atoms with Gasteiger partial charge in [0.2, 0.25) is 5.82 Å². The molecule has 4 aromatic rings. The molecule has 0 aliphatic rings. The fraction of sp³-hybridized carbons (Fsp3) is 0.261. The molecular weight excluding hydrogens is 645 g/mol. The molecule has 21 heteroatoms. The largest absolute Gasteiger partial charge is 0.449 e. The highest BCUT2D eigenvalue weighted by molar-refractivity contribution is 5.80. The van der Waals surface area contributed by atoms with Gasteiger partial charge in [-0.25, -0.2) is 15.0 Å². The Kier molecular flexibility index (Phi) is 7.61. The predicted octanol–water partition coefficient (Wildman–Crippen LogP) is 8.94. The summed E-state index contributed by atoms with van der Waals surface area (Å²) in [4.78, 5) is 10.5. The van der Waals surface area contributed by atoms with E-state index in [4.69, 9.17) is 0 Å².